The van der Waals surface area contributed by atoms with E-state index in [1.165, 1.54) is 0 Å². The maximum Gasteiger partial charge on any atom is 0.361 e. The summed E-state index contributed by atoms with van der Waals surface area (Å²) in [7, 11) is 0. The zero-order valence-electron chi connectivity index (χ0n) is 7.67. The summed E-state index contributed by atoms with van der Waals surface area (Å²) >= 11 is 0. The molecule has 5 heteroatoms. The number of hydrogen-bond donors (Lipinski definition) is 1. The van der Waals surface area contributed by atoms with Crippen LogP contribution in [0.15, 0.2) is 12.1 Å². The molecule has 0 spiro atoms. The highest BCUT2D eigenvalue weighted by Gasteiger charge is 2.47. The molecule has 5 nitrogen and oxygen atoms in total. The summed E-state index contributed by atoms with van der Waals surface area (Å²) in [5.74, 6) is 1.05. The standard InChI is InChI=1S/C10H8O5/c11-5-2-1-4-7(6-3-12-6)13-10-14-8(4)9(5)15-10/h1-2,6-7,10-11H,3H2. The molecule has 2 bridgehead atoms. The van der Waals surface area contributed by atoms with Crippen LogP contribution in [0.4, 0.5) is 0 Å². The highest BCUT2D eigenvalue weighted by Crippen LogP contribution is 2.53. The van der Waals surface area contributed by atoms with Crippen molar-refractivity contribution in [1.29, 1.82) is 0 Å². The van der Waals surface area contributed by atoms with Crippen LogP contribution >= 0.6 is 0 Å². The molecule has 0 amide bonds. The smallest absolute Gasteiger partial charge is 0.361 e. The van der Waals surface area contributed by atoms with Crippen molar-refractivity contribution in [2.45, 2.75) is 18.7 Å². The Morgan fingerprint density at radius 3 is 2.80 bits per heavy atom. The normalized spacial score (nSPS) is 34.5. The highest BCUT2D eigenvalue weighted by molar-refractivity contribution is 5.58. The van der Waals surface area contributed by atoms with Crippen molar-refractivity contribution in [1.82, 2.24) is 0 Å². The zero-order chi connectivity index (χ0) is 9.99. The molecule has 0 aromatic heterocycles. The van der Waals surface area contributed by atoms with Crippen molar-refractivity contribution in [3.05, 3.63) is 17.7 Å². The number of epoxide rings is 1. The van der Waals surface area contributed by atoms with E-state index < -0.39 is 6.48 Å². The Labute approximate surface area is 85.1 Å². The molecule has 78 valence electrons. The van der Waals surface area contributed by atoms with Crippen LogP contribution in [0.2, 0.25) is 0 Å². The molecule has 0 saturated carbocycles. The van der Waals surface area contributed by atoms with Crippen LogP contribution in [0.1, 0.15) is 11.7 Å². The molecule has 3 unspecified atom stereocenters. The fourth-order valence-electron chi connectivity index (χ4n) is 2.01. The molecule has 3 aliphatic heterocycles. The number of aromatic hydroxyl groups is 1. The van der Waals surface area contributed by atoms with Crippen LogP contribution in [0, 0.1) is 0 Å². The van der Waals surface area contributed by atoms with Gasteiger partial charge in [0.2, 0.25) is 5.75 Å². The number of hydrogen-bond acceptors (Lipinski definition) is 5. The van der Waals surface area contributed by atoms with Crippen LogP contribution in [-0.4, -0.2) is 24.3 Å². The Balaban J connectivity index is 1.90. The minimum absolute atomic E-state index is 0.0808. The van der Waals surface area contributed by atoms with Crippen LogP contribution in [-0.2, 0) is 9.47 Å². The predicted molar refractivity (Wildman–Crippen MR) is 46.7 cm³/mol. The summed E-state index contributed by atoms with van der Waals surface area (Å²) < 4.78 is 21.4. The van der Waals surface area contributed by atoms with Gasteiger partial charge in [-0.2, -0.15) is 0 Å². The average Bonchev–Trinajstić information content (AvgIpc) is 3.00. The SMILES string of the molecule is Oc1ccc2c3c1OC(O3)OC2C1CO1. The van der Waals surface area contributed by atoms with Gasteiger partial charge in [0.25, 0.3) is 0 Å². The van der Waals surface area contributed by atoms with Crippen LogP contribution in [0.5, 0.6) is 17.2 Å². The summed E-state index contributed by atoms with van der Waals surface area (Å²) in [5.41, 5.74) is 0.888. The van der Waals surface area contributed by atoms with E-state index in [9.17, 15) is 5.11 Å². The largest absolute Gasteiger partial charge is 0.504 e. The zero-order valence-corrected chi connectivity index (χ0v) is 7.67. The quantitative estimate of drug-likeness (QED) is 0.695. The Morgan fingerprint density at radius 1 is 1.20 bits per heavy atom. The van der Waals surface area contributed by atoms with Crippen molar-refractivity contribution >= 4 is 0 Å². The van der Waals surface area contributed by atoms with Crippen LogP contribution in [0.3, 0.4) is 0 Å². The maximum atomic E-state index is 9.55. The van der Waals surface area contributed by atoms with Gasteiger partial charge in [-0.15, -0.1) is 0 Å². The predicted octanol–water partition coefficient (Wildman–Crippen LogP) is 0.917. The maximum absolute atomic E-state index is 9.55. The van der Waals surface area contributed by atoms with E-state index in [0.29, 0.717) is 18.1 Å². The fourth-order valence-corrected chi connectivity index (χ4v) is 2.01. The van der Waals surface area contributed by atoms with Gasteiger partial charge in [-0.25, -0.2) is 0 Å². The van der Waals surface area contributed by atoms with E-state index >= 15 is 0 Å². The number of phenolic OH excluding ortho intramolecular Hbond substituents is 1. The first-order valence-corrected chi connectivity index (χ1v) is 4.79. The molecule has 1 N–H and O–H groups in total. The van der Waals surface area contributed by atoms with Gasteiger partial charge in [0.1, 0.15) is 12.2 Å². The summed E-state index contributed by atoms with van der Waals surface area (Å²) in [5, 5.41) is 9.55. The van der Waals surface area contributed by atoms with E-state index in [4.69, 9.17) is 18.9 Å². The fraction of sp³-hybridized carbons (Fsp3) is 0.400. The molecular weight excluding hydrogens is 200 g/mol. The molecule has 1 saturated heterocycles. The third-order valence-electron chi connectivity index (χ3n) is 2.81. The number of ether oxygens (including phenoxy) is 4. The summed E-state index contributed by atoms with van der Waals surface area (Å²) in [6.45, 7) is -0.0393. The lowest BCUT2D eigenvalue weighted by Gasteiger charge is -2.23. The third kappa shape index (κ3) is 0.938. The van der Waals surface area contributed by atoms with Gasteiger partial charge < -0.3 is 19.3 Å². The summed E-state index contributed by atoms with van der Waals surface area (Å²) in [6, 6.07) is 3.37. The van der Waals surface area contributed by atoms with E-state index in [1.807, 2.05) is 0 Å². The summed E-state index contributed by atoms with van der Waals surface area (Å²) in [4.78, 5) is 0. The lowest BCUT2D eigenvalue weighted by Crippen LogP contribution is -2.29. The van der Waals surface area contributed by atoms with Crippen molar-refractivity contribution in [3.63, 3.8) is 0 Å². The van der Waals surface area contributed by atoms with Crippen molar-refractivity contribution < 1.29 is 24.1 Å². The highest BCUT2D eigenvalue weighted by atomic mass is 16.9. The number of phenols is 1. The van der Waals surface area contributed by atoms with E-state index in [1.54, 1.807) is 12.1 Å². The molecule has 0 aliphatic carbocycles. The molecule has 1 aromatic carbocycles. The molecule has 1 fully saturated rings. The Kier molecular flexibility index (Phi) is 1.23. The first-order valence-electron chi connectivity index (χ1n) is 4.79. The van der Waals surface area contributed by atoms with Gasteiger partial charge in [-0.05, 0) is 12.1 Å². The first-order chi connectivity index (χ1) is 7.33. The van der Waals surface area contributed by atoms with E-state index in [-0.39, 0.29) is 18.0 Å². The number of benzene rings is 1. The lowest BCUT2D eigenvalue weighted by atomic mass is 10.0. The number of fused-ring (bicyclic) bond motifs is 1. The molecule has 0 radical (unpaired) electrons. The van der Waals surface area contributed by atoms with Gasteiger partial charge in [-0.1, -0.05) is 0 Å². The van der Waals surface area contributed by atoms with Gasteiger partial charge in [0.05, 0.1) is 6.61 Å². The molecular formula is C10H8O5. The minimum atomic E-state index is -0.741. The van der Waals surface area contributed by atoms with Crippen molar-refractivity contribution in [2.75, 3.05) is 6.61 Å². The molecule has 1 aromatic rings. The van der Waals surface area contributed by atoms with Gasteiger partial charge in [0.15, 0.2) is 11.5 Å². The third-order valence-corrected chi connectivity index (χ3v) is 2.81. The first kappa shape index (κ1) is 7.78. The van der Waals surface area contributed by atoms with E-state index in [2.05, 4.69) is 0 Å². The van der Waals surface area contributed by atoms with Gasteiger partial charge in [0, 0.05) is 5.56 Å². The Morgan fingerprint density at radius 2 is 2.00 bits per heavy atom. The van der Waals surface area contributed by atoms with Crippen molar-refractivity contribution in [2.24, 2.45) is 0 Å². The number of rotatable bonds is 1. The van der Waals surface area contributed by atoms with Crippen LogP contribution in [0.25, 0.3) is 0 Å². The molecule has 3 atom stereocenters. The Bertz CT molecular complexity index is 440. The van der Waals surface area contributed by atoms with Crippen LogP contribution < -0.4 is 9.47 Å². The lowest BCUT2D eigenvalue weighted by molar-refractivity contribution is -0.221. The Hall–Kier alpha value is -1.46. The average molecular weight is 208 g/mol. The second-order valence-corrected chi connectivity index (χ2v) is 3.79. The summed E-state index contributed by atoms with van der Waals surface area (Å²) in [6.07, 6.45) is -0.0464. The molecule has 4 rings (SSSR count). The van der Waals surface area contributed by atoms with Gasteiger partial charge >= 0.3 is 6.48 Å². The van der Waals surface area contributed by atoms with Crippen molar-refractivity contribution in [3.8, 4) is 17.2 Å². The van der Waals surface area contributed by atoms with Gasteiger partial charge in [-0.3, -0.25) is 4.74 Å². The molecule has 3 aliphatic rings. The monoisotopic (exact) mass is 208 g/mol. The topological polar surface area (TPSA) is 60.5 Å². The molecule has 3 heterocycles. The minimum Gasteiger partial charge on any atom is -0.504 e. The second kappa shape index (κ2) is 2.37. The second-order valence-electron chi connectivity index (χ2n) is 3.79. The van der Waals surface area contributed by atoms with E-state index in [0.717, 1.165) is 5.56 Å². The molecule has 15 heavy (non-hydrogen) atoms.